The average Bonchev–Trinajstić information content (AvgIpc) is 3.19. The minimum atomic E-state index is -0.207. The highest BCUT2D eigenvalue weighted by Gasteiger charge is 2.30. The fourth-order valence-electron chi connectivity index (χ4n) is 5.35. The average molecular weight is 468 g/mol. The van der Waals surface area contributed by atoms with Crippen LogP contribution in [0.4, 0.5) is 5.82 Å². The van der Waals surface area contributed by atoms with Gasteiger partial charge in [0.25, 0.3) is 0 Å². The van der Waals surface area contributed by atoms with Crippen molar-refractivity contribution in [3.05, 3.63) is 41.0 Å². The monoisotopic (exact) mass is 467 g/mol. The van der Waals surface area contributed by atoms with Crippen molar-refractivity contribution < 1.29 is 9.53 Å². The van der Waals surface area contributed by atoms with E-state index < -0.39 is 0 Å². The normalized spacial score (nSPS) is 17.8. The first-order valence-corrected chi connectivity index (χ1v) is 11.5. The number of nitrogens with two attached hydrogens (primary N) is 1. The number of benzene rings is 1. The SMILES string of the molecule is Cc1c(CC2CCOCC2)c(N2CCC(C(N)=O)CC2)n2c(nc3ccccc32)c1C#N.Cl. The molecule has 0 saturated carbocycles. The minimum Gasteiger partial charge on any atom is -0.381 e. The van der Waals surface area contributed by atoms with E-state index in [1.165, 1.54) is 5.56 Å². The Labute approximate surface area is 199 Å². The molecule has 33 heavy (non-hydrogen) atoms. The van der Waals surface area contributed by atoms with Crippen LogP contribution in [0.2, 0.25) is 0 Å². The second-order valence-electron chi connectivity index (χ2n) is 9.10. The maximum absolute atomic E-state index is 11.8. The molecule has 8 heteroatoms. The summed E-state index contributed by atoms with van der Waals surface area (Å²) in [7, 11) is 0. The van der Waals surface area contributed by atoms with Gasteiger partial charge in [0.15, 0.2) is 5.65 Å². The molecule has 2 fully saturated rings. The quantitative estimate of drug-likeness (QED) is 0.630. The molecule has 2 N–H and O–H groups in total. The van der Waals surface area contributed by atoms with Crippen molar-refractivity contribution in [3.8, 4) is 6.07 Å². The molecule has 4 heterocycles. The number of piperidine rings is 1. The molecule has 0 radical (unpaired) electrons. The van der Waals surface area contributed by atoms with Crippen LogP contribution in [0.5, 0.6) is 0 Å². The number of pyridine rings is 1. The van der Waals surface area contributed by atoms with Crippen LogP contribution >= 0.6 is 12.4 Å². The van der Waals surface area contributed by atoms with E-state index in [1.54, 1.807) is 0 Å². The van der Waals surface area contributed by atoms with Crippen molar-refractivity contribution in [1.82, 2.24) is 9.38 Å². The Morgan fingerprint density at radius 1 is 1.21 bits per heavy atom. The van der Waals surface area contributed by atoms with Gasteiger partial charge in [-0.05, 0) is 68.2 Å². The lowest BCUT2D eigenvalue weighted by Gasteiger charge is -2.35. The Hall–Kier alpha value is -2.82. The summed E-state index contributed by atoms with van der Waals surface area (Å²) in [5.41, 5.74) is 11.1. The van der Waals surface area contributed by atoms with Crippen LogP contribution in [0.25, 0.3) is 16.7 Å². The molecule has 0 atom stereocenters. The van der Waals surface area contributed by atoms with E-state index in [1.807, 2.05) is 18.2 Å². The molecular weight excluding hydrogens is 438 g/mol. The molecule has 7 nitrogen and oxygen atoms in total. The fraction of sp³-hybridized carbons (Fsp3) is 0.480. The molecule has 0 unspecified atom stereocenters. The van der Waals surface area contributed by atoms with E-state index in [9.17, 15) is 10.1 Å². The summed E-state index contributed by atoms with van der Waals surface area (Å²) in [6, 6.07) is 10.5. The van der Waals surface area contributed by atoms with Gasteiger partial charge in [-0.1, -0.05) is 12.1 Å². The summed E-state index contributed by atoms with van der Waals surface area (Å²) in [5.74, 6) is 1.38. The Morgan fingerprint density at radius 2 is 1.91 bits per heavy atom. The number of hydrogen-bond acceptors (Lipinski definition) is 5. The number of aromatic nitrogens is 2. The lowest BCUT2D eigenvalue weighted by molar-refractivity contribution is -0.122. The van der Waals surface area contributed by atoms with Crippen LogP contribution in [-0.4, -0.2) is 41.6 Å². The number of hydrogen-bond donors (Lipinski definition) is 1. The zero-order valence-corrected chi connectivity index (χ0v) is 19.7. The number of amides is 1. The summed E-state index contributed by atoms with van der Waals surface area (Å²) in [5, 5.41) is 10.1. The third kappa shape index (κ3) is 4.14. The molecule has 0 spiro atoms. The van der Waals surface area contributed by atoms with Crippen LogP contribution in [0.15, 0.2) is 24.3 Å². The van der Waals surface area contributed by atoms with Crippen molar-refractivity contribution in [1.29, 1.82) is 5.26 Å². The topological polar surface area (TPSA) is 96.7 Å². The molecule has 2 aliphatic heterocycles. The highest BCUT2D eigenvalue weighted by molar-refractivity contribution is 5.86. The number of carbonyl (C=O) groups is 1. The van der Waals surface area contributed by atoms with E-state index in [-0.39, 0.29) is 24.2 Å². The second-order valence-corrected chi connectivity index (χ2v) is 9.10. The predicted molar refractivity (Wildman–Crippen MR) is 131 cm³/mol. The molecule has 3 aromatic rings. The van der Waals surface area contributed by atoms with Crippen LogP contribution in [0, 0.1) is 30.1 Å². The van der Waals surface area contributed by atoms with Gasteiger partial charge in [-0.15, -0.1) is 12.4 Å². The maximum Gasteiger partial charge on any atom is 0.220 e. The Kier molecular flexibility index (Phi) is 6.78. The van der Waals surface area contributed by atoms with Crippen molar-refractivity contribution in [3.63, 3.8) is 0 Å². The number of anilines is 1. The van der Waals surface area contributed by atoms with Crippen LogP contribution in [0.3, 0.4) is 0 Å². The molecular formula is C25H30ClN5O2. The summed E-state index contributed by atoms with van der Waals surface area (Å²) < 4.78 is 7.77. The number of fused-ring (bicyclic) bond motifs is 3. The standard InChI is InChI=1S/C25H29N5O2.ClH/c1-16-19(14-17-8-12-32-13-9-17)25(29-10-6-18(7-11-29)23(27)31)30-22-5-3-2-4-21(22)28-24(30)20(16)15-26;/h2-5,17-18H,6-14H2,1H3,(H2,27,31);1H. The molecule has 2 aliphatic rings. The number of primary amides is 1. The molecule has 2 saturated heterocycles. The molecule has 0 aliphatic carbocycles. The fourth-order valence-corrected chi connectivity index (χ4v) is 5.35. The number of rotatable bonds is 4. The molecule has 0 bridgehead atoms. The lowest BCUT2D eigenvalue weighted by atomic mass is 9.88. The van der Waals surface area contributed by atoms with Gasteiger partial charge in [0.2, 0.25) is 5.91 Å². The molecule has 174 valence electrons. The largest absolute Gasteiger partial charge is 0.381 e. The van der Waals surface area contributed by atoms with Crippen molar-refractivity contribution in [2.45, 2.75) is 39.0 Å². The van der Waals surface area contributed by atoms with E-state index in [0.29, 0.717) is 17.1 Å². The number of carbonyl (C=O) groups excluding carboxylic acids is 1. The smallest absolute Gasteiger partial charge is 0.220 e. The third-order valence-corrected chi connectivity index (χ3v) is 7.24. The number of halogens is 1. The summed E-state index contributed by atoms with van der Waals surface area (Å²) in [6.07, 6.45) is 4.48. The van der Waals surface area contributed by atoms with E-state index in [4.69, 9.17) is 15.5 Å². The van der Waals surface area contributed by atoms with Crippen molar-refractivity contribution in [2.24, 2.45) is 17.6 Å². The summed E-state index contributed by atoms with van der Waals surface area (Å²) >= 11 is 0. The predicted octanol–water partition coefficient (Wildman–Crippen LogP) is 3.76. The summed E-state index contributed by atoms with van der Waals surface area (Å²) in [6.45, 7) is 5.18. The van der Waals surface area contributed by atoms with Gasteiger partial charge < -0.3 is 15.4 Å². The van der Waals surface area contributed by atoms with Gasteiger partial charge in [-0.25, -0.2) is 4.98 Å². The number of nitrogens with zero attached hydrogens (tertiary/aromatic N) is 4. The third-order valence-electron chi connectivity index (χ3n) is 7.24. The van der Waals surface area contributed by atoms with E-state index in [0.717, 1.165) is 80.8 Å². The number of ether oxygens (including phenoxy) is 1. The first-order chi connectivity index (χ1) is 15.6. The highest BCUT2D eigenvalue weighted by atomic mass is 35.5. The summed E-state index contributed by atoms with van der Waals surface area (Å²) in [4.78, 5) is 19.0. The van der Waals surface area contributed by atoms with Crippen LogP contribution in [0.1, 0.15) is 42.4 Å². The van der Waals surface area contributed by atoms with Gasteiger partial charge in [0.1, 0.15) is 11.9 Å². The molecule has 5 rings (SSSR count). The van der Waals surface area contributed by atoms with Gasteiger partial charge in [0, 0.05) is 32.2 Å². The van der Waals surface area contributed by atoms with E-state index in [2.05, 4.69) is 28.4 Å². The zero-order chi connectivity index (χ0) is 22.2. The number of nitriles is 1. The number of imidazole rings is 1. The first-order valence-electron chi connectivity index (χ1n) is 11.5. The van der Waals surface area contributed by atoms with Crippen LogP contribution in [-0.2, 0) is 16.0 Å². The van der Waals surface area contributed by atoms with Gasteiger partial charge in [0.05, 0.1) is 16.6 Å². The Bertz CT molecular complexity index is 1220. The number of para-hydroxylation sites is 2. The van der Waals surface area contributed by atoms with Gasteiger partial charge in [-0.3, -0.25) is 9.20 Å². The van der Waals surface area contributed by atoms with E-state index >= 15 is 0 Å². The van der Waals surface area contributed by atoms with Crippen LogP contribution < -0.4 is 10.6 Å². The first kappa shape index (κ1) is 23.3. The minimum absolute atomic E-state index is 0. The molecule has 2 aromatic heterocycles. The van der Waals surface area contributed by atoms with Gasteiger partial charge >= 0.3 is 0 Å². The molecule has 1 aromatic carbocycles. The van der Waals surface area contributed by atoms with Crippen molar-refractivity contribution in [2.75, 3.05) is 31.2 Å². The maximum atomic E-state index is 11.8. The zero-order valence-electron chi connectivity index (χ0n) is 18.9. The Morgan fingerprint density at radius 3 is 2.58 bits per heavy atom. The second kappa shape index (κ2) is 9.58. The van der Waals surface area contributed by atoms with Crippen molar-refractivity contribution >= 4 is 40.8 Å². The lowest BCUT2D eigenvalue weighted by Crippen LogP contribution is -2.40. The Balaban J connectivity index is 0.00000259. The molecule has 1 amide bonds. The van der Waals surface area contributed by atoms with Gasteiger partial charge in [-0.2, -0.15) is 5.26 Å². The highest BCUT2D eigenvalue weighted by Crippen LogP contribution is 2.37.